The van der Waals surface area contributed by atoms with Gasteiger partial charge < -0.3 is 5.32 Å². The molecular weight excluding hydrogens is 186 g/mol. The molecule has 1 aromatic heterocycles. The normalized spacial score (nSPS) is 9.62. The van der Waals surface area contributed by atoms with E-state index in [1.165, 1.54) is 11.5 Å². The van der Waals surface area contributed by atoms with E-state index < -0.39 is 0 Å². The number of carbonyl (C=O) groups excluding carboxylic acids is 1. The molecule has 0 unspecified atom stereocenters. The number of nitrogens with zero attached hydrogens (tertiary/aromatic N) is 2. The van der Waals surface area contributed by atoms with Gasteiger partial charge in [0.2, 0.25) is 11.0 Å². The molecule has 0 saturated carbocycles. The van der Waals surface area contributed by atoms with Gasteiger partial charge in [-0.1, -0.05) is 6.08 Å². The zero-order valence-electron chi connectivity index (χ0n) is 7.41. The van der Waals surface area contributed by atoms with Gasteiger partial charge in [0.25, 0.3) is 0 Å². The van der Waals surface area contributed by atoms with E-state index in [0.29, 0.717) is 23.8 Å². The second-order valence-electron chi connectivity index (χ2n) is 2.52. The standard InChI is InChI=1S/C8H11N3OS/c1-3-4-5-7(12)10-8-9-6(2)11-13-8/h3H,1,4-5H2,2H3,(H,9,10,11,12). The van der Waals surface area contributed by atoms with Gasteiger partial charge in [0.1, 0.15) is 5.82 Å². The number of nitrogens with one attached hydrogen (secondary N) is 1. The van der Waals surface area contributed by atoms with Crippen molar-refractivity contribution in [2.45, 2.75) is 19.8 Å². The van der Waals surface area contributed by atoms with Crippen LogP contribution in [0.15, 0.2) is 12.7 Å². The Morgan fingerprint density at radius 2 is 2.54 bits per heavy atom. The van der Waals surface area contributed by atoms with Crippen molar-refractivity contribution in [1.82, 2.24) is 9.36 Å². The molecule has 0 aliphatic heterocycles. The Labute approximate surface area is 80.9 Å². The molecule has 1 amide bonds. The van der Waals surface area contributed by atoms with E-state index in [-0.39, 0.29) is 5.91 Å². The highest BCUT2D eigenvalue weighted by atomic mass is 32.1. The van der Waals surface area contributed by atoms with Gasteiger partial charge in [-0.15, -0.1) is 6.58 Å². The van der Waals surface area contributed by atoms with Crippen LogP contribution in [0.1, 0.15) is 18.7 Å². The molecule has 0 bridgehead atoms. The Bertz CT molecular complexity index is 308. The Morgan fingerprint density at radius 1 is 1.77 bits per heavy atom. The summed E-state index contributed by atoms with van der Waals surface area (Å²) < 4.78 is 3.95. The molecule has 0 aromatic carbocycles. The summed E-state index contributed by atoms with van der Waals surface area (Å²) in [5.74, 6) is 0.639. The molecule has 0 spiro atoms. The smallest absolute Gasteiger partial charge is 0.226 e. The van der Waals surface area contributed by atoms with E-state index in [1.54, 1.807) is 13.0 Å². The van der Waals surface area contributed by atoms with Crippen molar-refractivity contribution in [2.75, 3.05) is 5.32 Å². The molecule has 70 valence electrons. The van der Waals surface area contributed by atoms with Crippen molar-refractivity contribution in [2.24, 2.45) is 0 Å². The number of carbonyl (C=O) groups is 1. The van der Waals surface area contributed by atoms with Crippen LogP contribution in [0.2, 0.25) is 0 Å². The SMILES string of the molecule is C=CCCC(=O)Nc1nc(C)ns1. The van der Waals surface area contributed by atoms with Gasteiger partial charge in [0, 0.05) is 18.0 Å². The first-order valence-electron chi connectivity index (χ1n) is 3.93. The number of aromatic nitrogens is 2. The van der Waals surface area contributed by atoms with Crippen molar-refractivity contribution in [1.29, 1.82) is 0 Å². The average Bonchev–Trinajstić information content (AvgIpc) is 2.48. The Balaban J connectivity index is 2.40. The molecule has 0 saturated heterocycles. The largest absolute Gasteiger partial charge is 0.301 e. The fourth-order valence-electron chi connectivity index (χ4n) is 0.763. The number of aryl methyl sites for hydroxylation is 1. The van der Waals surface area contributed by atoms with Gasteiger partial charge in [-0.05, 0) is 13.3 Å². The zero-order chi connectivity index (χ0) is 9.68. The first-order valence-corrected chi connectivity index (χ1v) is 4.71. The predicted molar refractivity (Wildman–Crippen MR) is 52.7 cm³/mol. The van der Waals surface area contributed by atoms with Gasteiger partial charge in [-0.25, -0.2) is 4.98 Å². The summed E-state index contributed by atoms with van der Waals surface area (Å²) >= 11 is 1.19. The predicted octanol–water partition coefficient (Wildman–Crippen LogP) is 1.75. The van der Waals surface area contributed by atoms with Gasteiger partial charge in [-0.3, -0.25) is 4.79 Å². The fourth-order valence-corrected chi connectivity index (χ4v) is 1.35. The third-order valence-electron chi connectivity index (χ3n) is 1.35. The second kappa shape index (κ2) is 4.71. The molecule has 1 N–H and O–H groups in total. The van der Waals surface area contributed by atoms with Crippen LogP contribution in [-0.2, 0) is 4.79 Å². The van der Waals surface area contributed by atoms with Crippen LogP contribution in [-0.4, -0.2) is 15.3 Å². The van der Waals surface area contributed by atoms with Crippen LogP contribution in [0.25, 0.3) is 0 Å². The van der Waals surface area contributed by atoms with Crippen molar-refractivity contribution < 1.29 is 4.79 Å². The van der Waals surface area contributed by atoms with Crippen LogP contribution >= 0.6 is 11.5 Å². The molecule has 5 heteroatoms. The molecule has 0 aliphatic rings. The van der Waals surface area contributed by atoms with Crippen LogP contribution < -0.4 is 5.32 Å². The molecule has 0 aliphatic carbocycles. The summed E-state index contributed by atoms with van der Waals surface area (Å²) in [5, 5.41) is 3.22. The van der Waals surface area contributed by atoms with Gasteiger partial charge in [-0.2, -0.15) is 4.37 Å². The molecule has 1 heterocycles. The number of amides is 1. The van der Waals surface area contributed by atoms with Crippen LogP contribution in [0.5, 0.6) is 0 Å². The van der Waals surface area contributed by atoms with E-state index in [1.807, 2.05) is 0 Å². The minimum Gasteiger partial charge on any atom is -0.301 e. The number of hydrogen-bond donors (Lipinski definition) is 1. The molecule has 0 radical (unpaired) electrons. The summed E-state index contributed by atoms with van der Waals surface area (Å²) in [5.41, 5.74) is 0. The monoisotopic (exact) mass is 197 g/mol. The first kappa shape index (κ1) is 9.85. The lowest BCUT2D eigenvalue weighted by molar-refractivity contribution is -0.116. The van der Waals surface area contributed by atoms with Crippen molar-refractivity contribution >= 4 is 22.6 Å². The quantitative estimate of drug-likeness (QED) is 0.748. The lowest BCUT2D eigenvalue weighted by atomic mass is 10.3. The zero-order valence-corrected chi connectivity index (χ0v) is 8.23. The minimum atomic E-state index is -0.0453. The van der Waals surface area contributed by atoms with Crippen molar-refractivity contribution in [3.05, 3.63) is 18.5 Å². The van der Waals surface area contributed by atoms with E-state index in [4.69, 9.17) is 0 Å². The van der Waals surface area contributed by atoms with Crippen LogP contribution in [0.4, 0.5) is 5.13 Å². The third-order valence-corrected chi connectivity index (χ3v) is 2.07. The number of allylic oxidation sites excluding steroid dienone is 1. The molecule has 1 aromatic rings. The van der Waals surface area contributed by atoms with Crippen molar-refractivity contribution in [3.8, 4) is 0 Å². The third kappa shape index (κ3) is 3.33. The number of hydrogen-bond acceptors (Lipinski definition) is 4. The molecule has 0 atom stereocenters. The van der Waals surface area contributed by atoms with Gasteiger partial charge >= 0.3 is 0 Å². The van der Waals surface area contributed by atoms with E-state index >= 15 is 0 Å². The van der Waals surface area contributed by atoms with Crippen LogP contribution in [0, 0.1) is 6.92 Å². The highest BCUT2D eigenvalue weighted by Crippen LogP contribution is 2.10. The van der Waals surface area contributed by atoms with Crippen LogP contribution in [0.3, 0.4) is 0 Å². The fraction of sp³-hybridized carbons (Fsp3) is 0.375. The average molecular weight is 197 g/mol. The van der Waals surface area contributed by atoms with Gasteiger partial charge in [0.15, 0.2) is 0 Å². The summed E-state index contributed by atoms with van der Waals surface area (Å²) in [6.45, 7) is 5.33. The highest BCUT2D eigenvalue weighted by molar-refractivity contribution is 7.09. The number of anilines is 1. The first-order chi connectivity index (χ1) is 6.22. The lowest BCUT2D eigenvalue weighted by Gasteiger charge is -1.97. The maximum Gasteiger partial charge on any atom is 0.226 e. The maximum absolute atomic E-state index is 11.2. The molecule has 1 rings (SSSR count). The summed E-state index contributed by atoms with van der Waals surface area (Å²) in [7, 11) is 0. The molecule has 13 heavy (non-hydrogen) atoms. The topological polar surface area (TPSA) is 54.9 Å². The minimum absolute atomic E-state index is 0.0453. The Kier molecular flexibility index (Phi) is 3.57. The second-order valence-corrected chi connectivity index (χ2v) is 3.27. The molecule has 4 nitrogen and oxygen atoms in total. The maximum atomic E-state index is 11.2. The van der Waals surface area contributed by atoms with E-state index in [9.17, 15) is 4.79 Å². The molecular formula is C8H11N3OS. The number of rotatable bonds is 4. The van der Waals surface area contributed by atoms with E-state index in [2.05, 4.69) is 21.3 Å². The Hall–Kier alpha value is -1.23. The van der Waals surface area contributed by atoms with Gasteiger partial charge in [0.05, 0.1) is 0 Å². The summed E-state index contributed by atoms with van der Waals surface area (Å²) in [6, 6.07) is 0. The van der Waals surface area contributed by atoms with Crippen molar-refractivity contribution in [3.63, 3.8) is 0 Å². The molecule has 0 fully saturated rings. The lowest BCUT2D eigenvalue weighted by Crippen LogP contribution is -2.10. The highest BCUT2D eigenvalue weighted by Gasteiger charge is 2.04. The Morgan fingerprint density at radius 3 is 3.08 bits per heavy atom. The van der Waals surface area contributed by atoms with E-state index in [0.717, 1.165) is 0 Å². The summed E-state index contributed by atoms with van der Waals surface area (Å²) in [6.07, 6.45) is 2.84. The summed E-state index contributed by atoms with van der Waals surface area (Å²) in [4.78, 5) is 15.2.